The van der Waals surface area contributed by atoms with Crippen molar-refractivity contribution in [3.05, 3.63) is 32.7 Å². The van der Waals surface area contributed by atoms with Gasteiger partial charge in [0.15, 0.2) is 29.6 Å². The van der Waals surface area contributed by atoms with Crippen molar-refractivity contribution < 1.29 is 47.6 Å². The maximum Gasteiger partial charge on any atom is 0.325 e. The molecule has 0 amide bonds. The van der Waals surface area contributed by atoms with E-state index in [-0.39, 0.29) is 33.3 Å². The van der Waals surface area contributed by atoms with Gasteiger partial charge in [-0.15, -0.1) is 0 Å². The summed E-state index contributed by atoms with van der Waals surface area (Å²) in [6.45, 7) is -9.76. The molecule has 0 spiro atoms. The lowest BCUT2D eigenvalue weighted by atomic mass is 10.1. The zero-order valence-corrected chi connectivity index (χ0v) is 26.9. The van der Waals surface area contributed by atoms with Crippen LogP contribution in [0.5, 0.6) is 0 Å². The molecule has 0 aromatic carbocycles. The Balaban J connectivity index is 1.22. The highest BCUT2D eigenvalue weighted by Crippen LogP contribution is 2.54. The second-order valence-corrected chi connectivity index (χ2v) is 16.7. The summed E-state index contributed by atoms with van der Waals surface area (Å²) in [6, 6.07) is 0. The minimum Gasteiger partial charge on any atom is -0.387 e. The van der Waals surface area contributed by atoms with Crippen molar-refractivity contribution in [2.75, 3.05) is 24.7 Å². The van der Waals surface area contributed by atoms with Crippen LogP contribution in [0.15, 0.2) is 22.2 Å². The van der Waals surface area contributed by atoms with E-state index < -0.39 is 86.2 Å². The first-order valence-corrected chi connectivity index (χ1v) is 19.1. The van der Waals surface area contributed by atoms with Crippen LogP contribution >= 0.6 is 24.8 Å². The molecule has 3 fully saturated rings. The third kappa shape index (κ3) is 5.61. The van der Waals surface area contributed by atoms with Crippen LogP contribution in [0, 0.1) is 0 Å². The molecule has 2 unspecified atom stereocenters. The van der Waals surface area contributed by atoms with E-state index in [0.717, 1.165) is 4.57 Å². The number of nitrogens with one attached hydrogen (secondary N) is 1. The Labute approximate surface area is 269 Å². The van der Waals surface area contributed by atoms with Gasteiger partial charge in [0.2, 0.25) is 5.95 Å². The zero-order chi connectivity index (χ0) is 32.7. The van der Waals surface area contributed by atoms with Gasteiger partial charge in [0, 0.05) is 0 Å². The Morgan fingerprint density at radius 3 is 2.35 bits per heavy atom. The maximum atomic E-state index is 13.1. The van der Waals surface area contributed by atoms with Gasteiger partial charge in [-0.05, 0) is 23.6 Å². The van der Waals surface area contributed by atoms with E-state index in [2.05, 4.69) is 24.9 Å². The van der Waals surface area contributed by atoms with E-state index in [9.17, 15) is 29.6 Å². The fraction of sp³-hybridized carbons (Fsp3) is 0.500. The summed E-state index contributed by atoms with van der Waals surface area (Å²) in [6.07, 6.45) is -9.08. The average molecular weight is 740 g/mol. The number of aromatic amines is 1. The molecule has 21 nitrogen and oxygen atoms in total. The number of hydrogen-bond acceptors (Lipinski definition) is 19. The van der Waals surface area contributed by atoms with Gasteiger partial charge in [0.25, 0.3) is 5.56 Å². The lowest BCUT2D eigenvalue weighted by Gasteiger charge is -2.28. The fourth-order valence-electron chi connectivity index (χ4n) is 5.32. The Morgan fingerprint density at radius 2 is 1.61 bits per heavy atom. The molecule has 4 aromatic heterocycles. The average Bonchev–Trinajstić information content (AvgIpc) is 3.71. The second kappa shape index (κ2) is 11.6. The summed E-state index contributed by atoms with van der Waals surface area (Å²) in [5.41, 5.74) is 11.1. The molecule has 3 aliphatic heterocycles. The number of nitrogen functional groups attached to an aromatic ring is 2. The van der Waals surface area contributed by atoms with Crippen molar-refractivity contribution in [3.63, 3.8) is 0 Å². The molecule has 248 valence electrons. The van der Waals surface area contributed by atoms with E-state index in [0.29, 0.717) is 11.3 Å². The van der Waals surface area contributed by atoms with Crippen LogP contribution in [0.2, 0.25) is 0 Å². The Hall–Kier alpha value is -2.38. The molecule has 9 N–H and O–H groups in total. The van der Waals surface area contributed by atoms with E-state index in [4.69, 9.17) is 62.6 Å². The number of aromatic nitrogens is 7. The minimum atomic E-state index is -4.32. The predicted molar refractivity (Wildman–Crippen MR) is 163 cm³/mol. The number of ether oxygens (including phenoxy) is 2. The lowest BCUT2D eigenvalue weighted by Crippen LogP contribution is -2.36. The van der Waals surface area contributed by atoms with Gasteiger partial charge >= 0.3 is 18.3 Å². The number of imidazole rings is 1. The van der Waals surface area contributed by atoms with Crippen LogP contribution in [0.4, 0.5) is 11.8 Å². The van der Waals surface area contributed by atoms with Crippen molar-refractivity contribution in [1.29, 1.82) is 0 Å². The number of rotatable bonds is 2. The number of fused-ring (bicyclic) bond motifs is 5. The minimum absolute atomic E-state index is 0.0804. The molecule has 46 heavy (non-hydrogen) atoms. The number of hydrogen-bond donors (Lipinski definition) is 7. The van der Waals surface area contributed by atoms with Gasteiger partial charge in [-0.3, -0.25) is 32.8 Å². The van der Waals surface area contributed by atoms with E-state index >= 15 is 0 Å². The topological polar surface area (TPSA) is 300 Å². The molecular weight excluding hydrogens is 716 g/mol. The highest BCUT2D eigenvalue weighted by Gasteiger charge is 2.53. The van der Waals surface area contributed by atoms with E-state index in [1.807, 2.05) is 0 Å². The summed E-state index contributed by atoms with van der Waals surface area (Å²) in [4.78, 5) is 65.3. The second-order valence-electron chi connectivity index (χ2n) is 10.2. The molecule has 0 saturated carbocycles. The summed E-state index contributed by atoms with van der Waals surface area (Å²) in [7, 11) is 0. The normalized spacial score (nSPS) is 37.1. The Morgan fingerprint density at radius 1 is 0.935 bits per heavy atom. The highest BCUT2D eigenvalue weighted by molar-refractivity contribution is 8.07. The summed E-state index contributed by atoms with van der Waals surface area (Å²) in [5, 5.41) is 22.4. The van der Waals surface area contributed by atoms with Crippen molar-refractivity contribution in [2.45, 2.75) is 49.1 Å². The van der Waals surface area contributed by atoms with Gasteiger partial charge < -0.3 is 50.0 Å². The van der Waals surface area contributed by atoms with Gasteiger partial charge in [-0.2, -0.15) is 4.98 Å². The third-order valence-electron chi connectivity index (χ3n) is 7.34. The predicted octanol–water partition coefficient (Wildman–Crippen LogP) is -2.08. The molecule has 4 aromatic rings. The lowest BCUT2D eigenvalue weighted by molar-refractivity contribution is -0.0610. The summed E-state index contributed by atoms with van der Waals surface area (Å²) >= 11 is 11.0. The highest BCUT2D eigenvalue weighted by atomic mass is 32.5. The number of nitrogens with zero attached hydrogens (tertiary/aromatic N) is 6. The van der Waals surface area contributed by atoms with Crippen molar-refractivity contribution in [1.82, 2.24) is 34.1 Å². The van der Waals surface area contributed by atoms with E-state index in [1.165, 1.54) is 17.2 Å². The Bertz CT molecular complexity index is 2060. The first-order valence-electron chi connectivity index (χ1n) is 13.1. The molecule has 26 heteroatoms. The molecule has 7 heterocycles. The molecule has 10 atom stereocenters. The first-order chi connectivity index (χ1) is 21.7. The molecule has 0 aliphatic carbocycles. The van der Waals surface area contributed by atoms with E-state index in [1.54, 1.807) is 0 Å². The van der Waals surface area contributed by atoms with Crippen LogP contribution in [0.1, 0.15) is 12.5 Å². The molecular formula is C20H23N9O12P2S3. The molecule has 3 aliphatic rings. The zero-order valence-electron chi connectivity index (χ0n) is 22.7. The molecule has 7 rings (SSSR count). The molecule has 2 bridgehead atoms. The van der Waals surface area contributed by atoms with Crippen LogP contribution in [0.3, 0.4) is 0 Å². The smallest absolute Gasteiger partial charge is 0.325 e. The van der Waals surface area contributed by atoms with Gasteiger partial charge in [-0.25, -0.2) is 15.0 Å². The molecule has 3 saturated heterocycles. The first kappa shape index (κ1) is 32.2. The van der Waals surface area contributed by atoms with Gasteiger partial charge in [0.05, 0.1) is 19.5 Å². The summed E-state index contributed by atoms with van der Waals surface area (Å²) < 4.78 is 36.5. The van der Waals surface area contributed by atoms with Crippen molar-refractivity contribution in [3.8, 4) is 0 Å². The largest absolute Gasteiger partial charge is 0.387 e. The van der Waals surface area contributed by atoms with Crippen LogP contribution in [0.25, 0.3) is 21.5 Å². The maximum absolute atomic E-state index is 13.1. The van der Waals surface area contributed by atoms with Gasteiger partial charge in [0.1, 0.15) is 53.2 Å². The van der Waals surface area contributed by atoms with Crippen LogP contribution in [-0.4, -0.2) is 104 Å². The number of H-pyrrole nitrogens is 1. The third-order valence-corrected chi connectivity index (χ3v) is 11.4. The van der Waals surface area contributed by atoms with Crippen molar-refractivity contribution in [2.24, 2.45) is 0 Å². The SMILES string of the molecule is Nc1nc2c(sc(=O)n2[C@@H]2O[C@@H]3COP(O)(=S)O[C@H]4[C@@H](O)[C@H](n5cnc6c(N)ncnc65)O[C@@H]4COP(O)(=S)O[C@@H]2[C@@H]3O)c(=O)[nH]1. The van der Waals surface area contributed by atoms with Crippen LogP contribution in [-0.2, 0) is 51.2 Å². The fourth-order valence-corrected chi connectivity index (χ4v) is 9.02. The number of aliphatic hydroxyl groups is 2. The van der Waals surface area contributed by atoms with Crippen molar-refractivity contribution >= 4 is 81.7 Å². The monoisotopic (exact) mass is 739 g/mol. The number of thiazole rings is 1. The number of anilines is 2. The van der Waals surface area contributed by atoms with Crippen LogP contribution < -0.4 is 21.9 Å². The standard InChI is InChI=1S/C20H23N9O12P2S3/c21-13-7-14(24-3-23-13)28(4-25-7)17-9(31)10-6(39-17)2-37-43(35,45)41-11-8(30)5(1-36-42(34,44)40-10)38-18(11)29-15-12(46-20(29)33)16(32)27-19(22)26-15/h3-6,8-11,17-18,30-31H,1-2H2,(H,34,44)(H,35,45)(H2,21,23,24)(H3,22,26,27,32)/t5-,6-,8-,9-,10-,11-,17-,18-,42?,43?/m1/s1. The summed E-state index contributed by atoms with van der Waals surface area (Å²) in [5.74, 6) is -0.223. The number of nitrogens with two attached hydrogens (primary N) is 2. The van der Waals surface area contributed by atoms with Gasteiger partial charge in [-0.1, -0.05) is 11.3 Å². The Kier molecular flexibility index (Phi) is 8.15. The quantitative estimate of drug-likeness (QED) is 0.109. The molecule has 0 radical (unpaired) electrons. The number of aliphatic hydroxyl groups excluding tert-OH is 2.